The maximum absolute atomic E-state index is 11.4. The number of hydrogen-bond donors (Lipinski definition) is 1. The molecule has 0 fully saturated rings. The highest BCUT2D eigenvalue weighted by Gasteiger charge is 2.06. The first kappa shape index (κ1) is 13.0. The van der Waals surface area contributed by atoms with Gasteiger partial charge in [-0.3, -0.25) is 4.79 Å². The Balaban J connectivity index is 2.16. The van der Waals surface area contributed by atoms with Crippen molar-refractivity contribution in [1.29, 1.82) is 5.26 Å². The minimum atomic E-state index is -0.136. The molecule has 0 aliphatic rings. The molecule has 4 nitrogen and oxygen atoms in total. The van der Waals surface area contributed by atoms with Gasteiger partial charge >= 0.3 is 0 Å². The van der Waals surface area contributed by atoms with Gasteiger partial charge in [0.05, 0.1) is 17.8 Å². The molecule has 2 aromatic rings. The number of thiazole rings is 1. The van der Waals surface area contributed by atoms with Gasteiger partial charge < -0.3 is 5.32 Å². The van der Waals surface area contributed by atoms with Crippen LogP contribution in [0.25, 0.3) is 12.2 Å². The Kier molecular flexibility index (Phi) is 4.06. The second-order valence-corrected chi connectivity index (χ2v) is 4.77. The third-order valence-electron chi connectivity index (χ3n) is 2.41. The zero-order chi connectivity index (χ0) is 13.7. The Bertz CT molecular complexity index is 667. The van der Waals surface area contributed by atoms with Gasteiger partial charge in [0.2, 0.25) is 0 Å². The molecule has 0 aliphatic carbocycles. The Morgan fingerprint density at radius 1 is 1.47 bits per heavy atom. The molecule has 2 rings (SSSR count). The summed E-state index contributed by atoms with van der Waals surface area (Å²) in [6.45, 7) is 0. The molecule has 0 unspecified atom stereocenters. The fraction of sp³-hybridized carbons (Fsp3) is 0.0714. The van der Waals surface area contributed by atoms with E-state index in [4.69, 9.17) is 5.26 Å². The van der Waals surface area contributed by atoms with Crippen LogP contribution in [0.15, 0.2) is 30.5 Å². The number of carbonyl (C=O) groups is 1. The Morgan fingerprint density at radius 2 is 2.32 bits per heavy atom. The van der Waals surface area contributed by atoms with Crippen molar-refractivity contribution in [3.05, 3.63) is 51.5 Å². The summed E-state index contributed by atoms with van der Waals surface area (Å²) >= 11 is 1.32. The predicted octanol–water partition coefficient (Wildman–Crippen LogP) is 2.54. The lowest BCUT2D eigenvalue weighted by Gasteiger charge is -1.93. The number of nitrogens with one attached hydrogen (secondary N) is 1. The highest BCUT2D eigenvalue weighted by atomic mass is 32.1. The normalized spacial score (nSPS) is 10.3. The van der Waals surface area contributed by atoms with Gasteiger partial charge in [0.1, 0.15) is 9.88 Å². The molecule has 1 aromatic carbocycles. The van der Waals surface area contributed by atoms with Crippen molar-refractivity contribution in [3.8, 4) is 6.07 Å². The van der Waals surface area contributed by atoms with E-state index < -0.39 is 0 Å². The number of nitrogens with zero attached hydrogens (tertiary/aromatic N) is 2. The third kappa shape index (κ3) is 3.27. The van der Waals surface area contributed by atoms with Crippen LogP contribution >= 0.6 is 11.3 Å². The van der Waals surface area contributed by atoms with E-state index in [1.807, 2.05) is 24.3 Å². The van der Waals surface area contributed by atoms with Crippen molar-refractivity contribution >= 4 is 29.4 Å². The van der Waals surface area contributed by atoms with Crippen molar-refractivity contribution in [2.75, 3.05) is 7.05 Å². The average molecular weight is 269 g/mol. The van der Waals surface area contributed by atoms with Crippen LogP contribution in [0.2, 0.25) is 0 Å². The van der Waals surface area contributed by atoms with Crippen molar-refractivity contribution in [2.24, 2.45) is 0 Å². The lowest BCUT2D eigenvalue weighted by Crippen LogP contribution is -2.16. The summed E-state index contributed by atoms with van der Waals surface area (Å²) in [4.78, 5) is 16.1. The fourth-order valence-electron chi connectivity index (χ4n) is 1.47. The highest BCUT2D eigenvalue weighted by Crippen LogP contribution is 2.16. The molecule has 0 spiro atoms. The molecule has 0 aliphatic heterocycles. The smallest absolute Gasteiger partial charge is 0.262 e. The number of aromatic nitrogens is 1. The summed E-state index contributed by atoms with van der Waals surface area (Å²) in [6, 6.07) is 9.38. The quantitative estimate of drug-likeness (QED) is 0.931. The van der Waals surface area contributed by atoms with Gasteiger partial charge in [-0.25, -0.2) is 4.98 Å². The minimum absolute atomic E-state index is 0.136. The molecule has 0 saturated heterocycles. The van der Waals surface area contributed by atoms with E-state index >= 15 is 0 Å². The number of hydrogen-bond acceptors (Lipinski definition) is 4. The monoisotopic (exact) mass is 269 g/mol. The van der Waals surface area contributed by atoms with E-state index in [9.17, 15) is 4.79 Å². The van der Waals surface area contributed by atoms with Crippen LogP contribution in [-0.4, -0.2) is 17.9 Å². The molecule has 0 atom stereocenters. The number of amides is 1. The molecule has 5 heteroatoms. The van der Waals surface area contributed by atoms with Crippen LogP contribution in [0, 0.1) is 11.3 Å². The Hall–Kier alpha value is -2.45. The summed E-state index contributed by atoms with van der Waals surface area (Å²) in [5.41, 5.74) is 1.54. The van der Waals surface area contributed by atoms with Crippen LogP contribution in [0.1, 0.15) is 25.8 Å². The first-order chi connectivity index (χ1) is 9.22. The van der Waals surface area contributed by atoms with Crippen LogP contribution in [0.4, 0.5) is 0 Å². The number of benzene rings is 1. The summed E-state index contributed by atoms with van der Waals surface area (Å²) in [5.74, 6) is -0.136. The SMILES string of the molecule is CNC(=O)c1cnc(/C=C\c2cccc(C#N)c2)s1. The third-order valence-corrected chi connectivity index (χ3v) is 3.37. The fourth-order valence-corrected chi connectivity index (χ4v) is 2.24. The lowest BCUT2D eigenvalue weighted by atomic mass is 10.1. The molecule has 1 N–H and O–H groups in total. The van der Waals surface area contributed by atoms with Gasteiger partial charge in [0.25, 0.3) is 5.91 Å². The van der Waals surface area contributed by atoms with E-state index in [1.165, 1.54) is 11.3 Å². The molecule has 0 bridgehead atoms. The zero-order valence-electron chi connectivity index (χ0n) is 10.3. The van der Waals surface area contributed by atoms with E-state index in [2.05, 4.69) is 16.4 Å². The first-order valence-corrected chi connectivity index (χ1v) is 6.41. The number of nitriles is 1. The lowest BCUT2D eigenvalue weighted by molar-refractivity contribution is 0.0967. The van der Waals surface area contributed by atoms with E-state index in [-0.39, 0.29) is 5.91 Å². The zero-order valence-corrected chi connectivity index (χ0v) is 11.1. The summed E-state index contributed by atoms with van der Waals surface area (Å²) in [6.07, 6.45) is 5.25. The van der Waals surface area contributed by atoms with Gasteiger partial charge in [-0.05, 0) is 23.8 Å². The topological polar surface area (TPSA) is 65.8 Å². The molecule has 1 aromatic heterocycles. The van der Waals surface area contributed by atoms with Crippen LogP contribution < -0.4 is 5.32 Å². The molecule has 0 radical (unpaired) electrons. The summed E-state index contributed by atoms with van der Waals surface area (Å²) in [7, 11) is 1.59. The molecular formula is C14H11N3OS. The second-order valence-electron chi connectivity index (χ2n) is 3.71. The van der Waals surface area contributed by atoms with Gasteiger partial charge in [-0.2, -0.15) is 5.26 Å². The molecule has 1 heterocycles. The minimum Gasteiger partial charge on any atom is -0.354 e. The van der Waals surface area contributed by atoms with Gasteiger partial charge in [0.15, 0.2) is 0 Å². The number of rotatable bonds is 3. The van der Waals surface area contributed by atoms with Gasteiger partial charge in [-0.15, -0.1) is 11.3 Å². The molecule has 19 heavy (non-hydrogen) atoms. The van der Waals surface area contributed by atoms with Gasteiger partial charge in [-0.1, -0.05) is 18.2 Å². The van der Waals surface area contributed by atoms with E-state index in [0.717, 1.165) is 10.6 Å². The predicted molar refractivity (Wildman–Crippen MR) is 75.6 cm³/mol. The largest absolute Gasteiger partial charge is 0.354 e. The van der Waals surface area contributed by atoms with E-state index in [1.54, 1.807) is 25.4 Å². The Labute approximate surface area is 115 Å². The Morgan fingerprint density at radius 3 is 3.05 bits per heavy atom. The number of carbonyl (C=O) groups excluding carboxylic acids is 1. The van der Waals surface area contributed by atoms with Crippen molar-refractivity contribution in [2.45, 2.75) is 0 Å². The first-order valence-electron chi connectivity index (χ1n) is 5.59. The van der Waals surface area contributed by atoms with Crippen molar-refractivity contribution < 1.29 is 4.79 Å². The summed E-state index contributed by atoms with van der Waals surface area (Å²) in [5, 5.41) is 12.1. The second kappa shape index (κ2) is 5.94. The molecule has 94 valence electrons. The maximum atomic E-state index is 11.4. The van der Waals surface area contributed by atoms with Gasteiger partial charge in [0, 0.05) is 7.05 Å². The molecular weight excluding hydrogens is 258 g/mol. The molecule has 0 saturated carbocycles. The highest BCUT2D eigenvalue weighted by molar-refractivity contribution is 7.14. The van der Waals surface area contributed by atoms with Crippen LogP contribution in [0.5, 0.6) is 0 Å². The maximum Gasteiger partial charge on any atom is 0.262 e. The van der Waals surface area contributed by atoms with Crippen LogP contribution in [-0.2, 0) is 0 Å². The molecule has 1 amide bonds. The van der Waals surface area contributed by atoms with Crippen LogP contribution in [0.3, 0.4) is 0 Å². The van der Waals surface area contributed by atoms with E-state index in [0.29, 0.717) is 10.4 Å². The summed E-state index contributed by atoms with van der Waals surface area (Å²) < 4.78 is 0. The van der Waals surface area contributed by atoms with Crippen molar-refractivity contribution in [1.82, 2.24) is 10.3 Å². The van der Waals surface area contributed by atoms with Crippen molar-refractivity contribution in [3.63, 3.8) is 0 Å². The average Bonchev–Trinajstić information content (AvgIpc) is 2.93. The standard InChI is InChI=1S/C14H11N3OS/c1-16-14(18)12-9-17-13(19-12)6-5-10-3-2-4-11(7-10)8-15/h2-7,9H,1H3,(H,16,18)/b6-5-.